The Hall–Kier alpha value is -1.56. The monoisotopic (exact) mass is 306 g/mol. The number of hydrogen-bond acceptors (Lipinski definition) is 5. The SMILES string of the molecule is CCOc1ccc(C(NN)c2ccsc2C)cc1OCC. The molecule has 0 fully saturated rings. The molecule has 1 heterocycles. The van der Waals surface area contributed by atoms with Crippen LogP contribution in [0.5, 0.6) is 11.5 Å². The summed E-state index contributed by atoms with van der Waals surface area (Å²) in [6.07, 6.45) is 0. The number of thiophene rings is 1. The van der Waals surface area contributed by atoms with Crippen LogP contribution in [0.2, 0.25) is 0 Å². The van der Waals surface area contributed by atoms with Gasteiger partial charge in [-0.1, -0.05) is 6.07 Å². The van der Waals surface area contributed by atoms with Crippen molar-refractivity contribution >= 4 is 11.3 Å². The van der Waals surface area contributed by atoms with E-state index in [9.17, 15) is 0 Å². The predicted octanol–water partition coefficient (Wildman–Crippen LogP) is 3.41. The Morgan fingerprint density at radius 1 is 1.14 bits per heavy atom. The van der Waals surface area contributed by atoms with Gasteiger partial charge in [0.25, 0.3) is 0 Å². The fraction of sp³-hybridized carbons (Fsp3) is 0.375. The summed E-state index contributed by atoms with van der Waals surface area (Å²) in [6.45, 7) is 7.23. The summed E-state index contributed by atoms with van der Waals surface area (Å²) in [5.74, 6) is 7.29. The molecule has 0 saturated carbocycles. The normalized spacial score (nSPS) is 12.2. The minimum atomic E-state index is -0.0499. The molecule has 0 spiro atoms. The minimum absolute atomic E-state index is 0.0499. The molecule has 2 aromatic rings. The van der Waals surface area contributed by atoms with Crippen LogP contribution in [0.3, 0.4) is 0 Å². The highest BCUT2D eigenvalue weighted by molar-refractivity contribution is 7.10. The highest BCUT2D eigenvalue weighted by Gasteiger charge is 2.17. The Balaban J connectivity index is 2.38. The molecule has 0 aliphatic carbocycles. The molecule has 0 bridgehead atoms. The standard InChI is InChI=1S/C16H22N2O2S/c1-4-19-14-7-6-12(10-15(14)20-5-2)16(18-17)13-8-9-21-11(13)3/h6-10,16,18H,4-5,17H2,1-3H3. The second-order valence-corrected chi connectivity index (χ2v) is 5.72. The molecular weight excluding hydrogens is 284 g/mol. The van der Waals surface area contributed by atoms with Crippen molar-refractivity contribution in [2.24, 2.45) is 5.84 Å². The molecule has 0 aliphatic rings. The van der Waals surface area contributed by atoms with Crippen molar-refractivity contribution in [3.63, 3.8) is 0 Å². The summed E-state index contributed by atoms with van der Waals surface area (Å²) < 4.78 is 11.3. The lowest BCUT2D eigenvalue weighted by molar-refractivity contribution is 0.287. The van der Waals surface area contributed by atoms with Crippen LogP contribution >= 0.6 is 11.3 Å². The van der Waals surface area contributed by atoms with Gasteiger partial charge in [-0.25, -0.2) is 5.43 Å². The summed E-state index contributed by atoms with van der Waals surface area (Å²) in [4.78, 5) is 1.25. The van der Waals surface area contributed by atoms with Crippen LogP contribution in [0.15, 0.2) is 29.6 Å². The van der Waals surface area contributed by atoms with E-state index in [4.69, 9.17) is 15.3 Å². The van der Waals surface area contributed by atoms with Crippen LogP contribution in [0.25, 0.3) is 0 Å². The van der Waals surface area contributed by atoms with Crippen LogP contribution < -0.4 is 20.7 Å². The van der Waals surface area contributed by atoms with E-state index in [-0.39, 0.29) is 6.04 Å². The van der Waals surface area contributed by atoms with Crippen molar-refractivity contribution in [1.29, 1.82) is 0 Å². The van der Waals surface area contributed by atoms with Gasteiger partial charge in [-0.2, -0.15) is 0 Å². The largest absolute Gasteiger partial charge is 0.490 e. The zero-order valence-electron chi connectivity index (χ0n) is 12.7. The zero-order chi connectivity index (χ0) is 15.2. The highest BCUT2D eigenvalue weighted by atomic mass is 32.1. The lowest BCUT2D eigenvalue weighted by Gasteiger charge is -2.19. The Labute approximate surface area is 129 Å². The van der Waals surface area contributed by atoms with E-state index in [2.05, 4.69) is 23.8 Å². The molecule has 0 saturated heterocycles. The molecular formula is C16H22N2O2S. The first-order chi connectivity index (χ1) is 10.2. The van der Waals surface area contributed by atoms with Gasteiger partial charge in [0, 0.05) is 4.88 Å². The summed E-state index contributed by atoms with van der Waals surface area (Å²) in [5.41, 5.74) is 5.14. The van der Waals surface area contributed by atoms with E-state index in [0.29, 0.717) is 13.2 Å². The first kappa shape index (κ1) is 15.8. The van der Waals surface area contributed by atoms with Gasteiger partial charge in [0.15, 0.2) is 11.5 Å². The Morgan fingerprint density at radius 3 is 2.43 bits per heavy atom. The Morgan fingerprint density at radius 2 is 1.86 bits per heavy atom. The quantitative estimate of drug-likeness (QED) is 0.608. The number of nitrogens with one attached hydrogen (secondary N) is 1. The van der Waals surface area contributed by atoms with Gasteiger partial charge in [0.2, 0.25) is 0 Å². The van der Waals surface area contributed by atoms with E-state index in [1.54, 1.807) is 11.3 Å². The average molecular weight is 306 g/mol. The smallest absolute Gasteiger partial charge is 0.161 e. The lowest BCUT2D eigenvalue weighted by atomic mass is 9.99. The van der Waals surface area contributed by atoms with Crippen molar-refractivity contribution in [3.8, 4) is 11.5 Å². The molecule has 0 amide bonds. The third-order valence-electron chi connectivity index (χ3n) is 3.28. The summed E-state index contributed by atoms with van der Waals surface area (Å²) in [7, 11) is 0. The van der Waals surface area contributed by atoms with Crippen molar-refractivity contribution in [1.82, 2.24) is 5.43 Å². The molecule has 2 rings (SSSR count). The average Bonchev–Trinajstić information content (AvgIpc) is 2.89. The molecule has 1 aromatic carbocycles. The molecule has 4 nitrogen and oxygen atoms in total. The van der Waals surface area contributed by atoms with Crippen LogP contribution in [0, 0.1) is 6.92 Å². The molecule has 21 heavy (non-hydrogen) atoms. The highest BCUT2D eigenvalue weighted by Crippen LogP contribution is 2.34. The van der Waals surface area contributed by atoms with Gasteiger partial charge < -0.3 is 9.47 Å². The van der Waals surface area contributed by atoms with Gasteiger partial charge in [0.1, 0.15) is 0 Å². The van der Waals surface area contributed by atoms with Gasteiger partial charge in [-0.15, -0.1) is 11.3 Å². The fourth-order valence-electron chi connectivity index (χ4n) is 2.31. The third kappa shape index (κ3) is 3.56. The number of ether oxygens (including phenoxy) is 2. The molecule has 0 aliphatic heterocycles. The van der Waals surface area contributed by atoms with Gasteiger partial charge in [0.05, 0.1) is 19.3 Å². The van der Waals surface area contributed by atoms with E-state index in [1.807, 2.05) is 32.0 Å². The Kier molecular flexibility index (Phi) is 5.61. The zero-order valence-corrected chi connectivity index (χ0v) is 13.5. The second kappa shape index (κ2) is 7.45. The van der Waals surface area contributed by atoms with Gasteiger partial charge >= 0.3 is 0 Å². The van der Waals surface area contributed by atoms with Crippen LogP contribution in [-0.4, -0.2) is 13.2 Å². The first-order valence-electron chi connectivity index (χ1n) is 7.10. The van der Waals surface area contributed by atoms with E-state index in [1.165, 1.54) is 10.4 Å². The van der Waals surface area contributed by atoms with E-state index < -0.39 is 0 Å². The number of rotatable bonds is 7. The van der Waals surface area contributed by atoms with Crippen molar-refractivity contribution < 1.29 is 9.47 Å². The van der Waals surface area contributed by atoms with Crippen LogP contribution in [0.1, 0.15) is 35.9 Å². The van der Waals surface area contributed by atoms with Crippen molar-refractivity contribution in [2.45, 2.75) is 26.8 Å². The Bertz CT molecular complexity index is 583. The third-order valence-corrected chi connectivity index (χ3v) is 4.14. The predicted molar refractivity (Wildman–Crippen MR) is 87.0 cm³/mol. The molecule has 5 heteroatoms. The number of aryl methyl sites for hydroxylation is 1. The lowest BCUT2D eigenvalue weighted by Crippen LogP contribution is -2.29. The first-order valence-corrected chi connectivity index (χ1v) is 7.98. The van der Waals surface area contributed by atoms with Crippen molar-refractivity contribution in [3.05, 3.63) is 45.6 Å². The topological polar surface area (TPSA) is 56.5 Å². The molecule has 114 valence electrons. The van der Waals surface area contributed by atoms with Crippen LogP contribution in [-0.2, 0) is 0 Å². The van der Waals surface area contributed by atoms with Crippen LogP contribution in [0.4, 0.5) is 0 Å². The summed E-state index contributed by atoms with van der Waals surface area (Å²) in [5, 5.41) is 2.08. The minimum Gasteiger partial charge on any atom is -0.490 e. The fourth-order valence-corrected chi connectivity index (χ4v) is 3.05. The van der Waals surface area contributed by atoms with E-state index >= 15 is 0 Å². The molecule has 1 aromatic heterocycles. The second-order valence-electron chi connectivity index (χ2n) is 4.60. The molecule has 1 atom stereocenters. The number of benzene rings is 1. The van der Waals surface area contributed by atoms with E-state index in [0.717, 1.165) is 17.1 Å². The van der Waals surface area contributed by atoms with Gasteiger partial charge in [-0.05, 0) is 55.5 Å². The number of hydrogen-bond donors (Lipinski definition) is 2. The maximum atomic E-state index is 5.77. The number of hydrazine groups is 1. The molecule has 1 unspecified atom stereocenters. The number of nitrogens with two attached hydrogens (primary N) is 1. The maximum Gasteiger partial charge on any atom is 0.161 e. The maximum absolute atomic E-state index is 5.77. The van der Waals surface area contributed by atoms with Crippen molar-refractivity contribution in [2.75, 3.05) is 13.2 Å². The molecule has 0 radical (unpaired) electrons. The molecule has 3 N–H and O–H groups in total. The summed E-state index contributed by atoms with van der Waals surface area (Å²) >= 11 is 1.72. The summed E-state index contributed by atoms with van der Waals surface area (Å²) in [6, 6.07) is 8.01. The van der Waals surface area contributed by atoms with Gasteiger partial charge in [-0.3, -0.25) is 5.84 Å².